The van der Waals surface area contributed by atoms with E-state index in [1.165, 1.54) is 12.1 Å². The fraction of sp³-hybridized carbons (Fsp3) is 0.625. The van der Waals surface area contributed by atoms with Crippen molar-refractivity contribution in [3.63, 3.8) is 0 Å². The van der Waals surface area contributed by atoms with Crippen molar-refractivity contribution in [3.8, 4) is 0 Å². The van der Waals surface area contributed by atoms with Crippen molar-refractivity contribution in [1.82, 2.24) is 4.90 Å². The molecule has 1 heterocycles. The quantitative estimate of drug-likeness (QED) is 0.822. The number of anilines is 1. The number of rotatable bonds is 2. The van der Waals surface area contributed by atoms with E-state index in [9.17, 15) is 13.2 Å². The molecule has 0 atom stereocenters. The summed E-state index contributed by atoms with van der Waals surface area (Å²) in [6.07, 6.45) is -4.33. The highest BCUT2D eigenvalue weighted by molar-refractivity contribution is 5.49. The lowest BCUT2D eigenvalue weighted by Gasteiger charge is -2.39. The Balaban J connectivity index is 1.99. The molecule has 2 nitrogen and oxygen atoms in total. The zero-order valence-electron chi connectivity index (χ0n) is 12.8. The summed E-state index contributed by atoms with van der Waals surface area (Å²) in [5.74, 6) is 0. The van der Waals surface area contributed by atoms with Gasteiger partial charge in [-0.15, -0.1) is 0 Å². The van der Waals surface area contributed by atoms with Crippen molar-refractivity contribution in [1.29, 1.82) is 0 Å². The van der Waals surface area contributed by atoms with Crippen molar-refractivity contribution < 1.29 is 13.2 Å². The number of halogens is 3. The van der Waals surface area contributed by atoms with E-state index in [1.807, 2.05) is 4.90 Å². The van der Waals surface area contributed by atoms with Crippen LogP contribution in [0, 0.1) is 11.5 Å². The van der Waals surface area contributed by atoms with Gasteiger partial charge in [0.1, 0.15) is 0 Å². The molecule has 5 heteroatoms. The summed E-state index contributed by atoms with van der Waals surface area (Å²) in [6, 6.07) is 6.52. The second-order valence-electron chi connectivity index (χ2n) is 6.78. The fourth-order valence-corrected chi connectivity index (χ4v) is 2.65. The van der Waals surface area contributed by atoms with Crippen molar-refractivity contribution >= 4 is 5.69 Å². The highest BCUT2D eigenvalue weighted by Crippen LogP contribution is 2.31. The van der Waals surface area contributed by atoms with Crippen LogP contribution in [0.4, 0.5) is 18.9 Å². The van der Waals surface area contributed by atoms with E-state index in [2.05, 4.69) is 31.7 Å². The number of alkyl halides is 3. The Morgan fingerprint density at radius 1 is 1.10 bits per heavy atom. The highest BCUT2D eigenvalue weighted by atomic mass is 19.4. The van der Waals surface area contributed by atoms with Crippen LogP contribution in [0.3, 0.4) is 0 Å². The van der Waals surface area contributed by atoms with Gasteiger partial charge in [0.2, 0.25) is 0 Å². The number of piperazine rings is 1. The molecule has 0 aromatic heterocycles. The first-order valence-electron chi connectivity index (χ1n) is 7.21. The SMILES string of the molecule is CC(C)(C)CN1CCN(c2cc[c]c(C(F)(F)F)c2)CC1. The summed E-state index contributed by atoms with van der Waals surface area (Å²) in [5.41, 5.74) is 0.182. The maximum Gasteiger partial charge on any atom is 0.417 e. The van der Waals surface area contributed by atoms with E-state index < -0.39 is 11.7 Å². The van der Waals surface area contributed by atoms with E-state index in [0.29, 0.717) is 5.69 Å². The normalized spacial score (nSPS) is 18.1. The van der Waals surface area contributed by atoms with Gasteiger partial charge < -0.3 is 4.90 Å². The molecule has 0 spiro atoms. The van der Waals surface area contributed by atoms with Gasteiger partial charge in [-0.1, -0.05) is 26.8 Å². The standard InChI is InChI=1S/C16H22F3N2/c1-15(2,3)12-20-7-9-21(10-8-20)14-6-4-5-13(11-14)16(17,18)19/h4,6,11H,7-10,12H2,1-3H3. The lowest BCUT2D eigenvalue weighted by Crippen LogP contribution is -2.48. The molecular weight excluding hydrogens is 277 g/mol. The molecule has 2 rings (SSSR count). The lowest BCUT2D eigenvalue weighted by atomic mass is 9.96. The molecule has 1 radical (unpaired) electrons. The Morgan fingerprint density at radius 2 is 1.71 bits per heavy atom. The lowest BCUT2D eigenvalue weighted by molar-refractivity contribution is -0.137. The molecular formula is C16H22F3N2. The van der Waals surface area contributed by atoms with Gasteiger partial charge in [0.05, 0.1) is 5.56 Å². The maximum absolute atomic E-state index is 12.7. The molecule has 1 fully saturated rings. The Morgan fingerprint density at radius 3 is 2.24 bits per heavy atom. The first kappa shape index (κ1) is 16.1. The van der Waals surface area contributed by atoms with Crippen LogP contribution in [0.5, 0.6) is 0 Å². The number of benzene rings is 1. The van der Waals surface area contributed by atoms with Crippen LogP contribution in [0.15, 0.2) is 18.2 Å². The van der Waals surface area contributed by atoms with Gasteiger partial charge in [0.15, 0.2) is 0 Å². The van der Waals surface area contributed by atoms with Crippen molar-refractivity contribution in [2.24, 2.45) is 5.41 Å². The fourth-order valence-electron chi connectivity index (χ4n) is 2.65. The van der Waals surface area contributed by atoms with Gasteiger partial charge >= 0.3 is 6.18 Å². The van der Waals surface area contributed by atoms with E-state index in [0.717, 1.165) is 32.7 Å². The largest absolute Gasteiger partial charge is 0.417 e. The van der Waals surface area contributed by atoms with Gasteiger partial charge in [-0.25, -0.2) is 0 Å². The monoisotopic (exact) mass is 299 g/mol. The Kier molecular flexibility index (Phi) is 4.51. The van der Waals surface area contributed by atoms with Crippen molar-refractivity contribution in [2.75, 3.05) is 37.6 Å². The van der Waals surface area contributed by atoms with Gasteiger partial charge in [-0.2, -0.15) is 13.2 Å². The van der Waals surface area contributed by atoms with Crippen LogP contribution in [-0.2, 0) is 6.18 Å². The van der Waals surface area contributed by atoms with E-state index in [-0.39, 0.29) is 5.41 Å². The van der Waals surface area contributed by atoms with Crippen LogP contribution in [0.25, 0.3) is 0 Å². The molecule has 0 unspecified atom stereocenters. The molecule has 0 N–H and O–H groups in total. The summed E-state index contributed by atoms with van der Waals surface area (Å²) in [5, 5.41) is 0. The zero-order chi connectivity index (χ0) is 15.7. The minimum Gasteiger partial charge on any atom is -0.369 e. The predicted octanol–water partition coefficient (Wildman–Crippen LogP) is 3.67. The minimum atomic E-state index is -4.33. The van der Waals surface area contributed by atoms with Gasteiger partial charge in [-0.3, -0.25) is 4.90 Å². The molecule has 1 aliphatic rings. The minimum absolute atomic E-state index is 0.243. The Hall–Kier alpha value is -1.23. The molecule has 0 saturated carbocycles. The van der Waals surface area contributed by atoms with Crippen molar-refractivity contribution in [2.45, 2.75) is 26.9 Å². The highest BCUT2D eigenvalue weighted by Gasteiger charge is 2.31. The Bertz CT molecular complexity index is 469. The number of hydrogen-bond acceptors (Lipinski definition) is 2. The summed E-state index contributed by atoms with van der Waals surface area (Å²) < 4.78 is 38.2. The van der Waals surface area contributed by atoms with Gasteiger partial charge in [-0.05, 0) is 23.6 Å². The van der Waals surface area contributed by atoms with E-state index in [4.69, 9.17) is 0 Å². The predicted molar refractivity (Wildman–Crippen MR) is 78.4 cm³/mol. The topological polar surface area (TPSA) is 6.48 Å². The zero-order valence-corrected chi connectivity index (χ0v) is 12.8. The first-order chi connectivity index (χ1) is 9.65. The summed E-state index contributed by atoms with van der Waals surface area (Å²) in [4.78, 5) is 4.39. The van der Waals surface area contributed by atoms with Crippen LogP contribution in [-0.4, -0.2) is 37.6 Å². The maximum atomic E-state index is 12.7. The van der Waals surface area contributed by atoms with Crippen LogP contribution < -0.4 is 4.90 Å². The molecule has 21 heavy (non-hydrogen) atoms. The molecule has 0 aliphatic carbocycles. The molecule has 0 bridgehead atoms. The van der Waals surface area contributed by atoms with Crippen LogP contribution in [0.1, 0.15) is 26.3 Å². The third-order valence-corrected chi connectivity index (χ3v) is 3.53. The second-order valence-corrected chi connectivity index (χ2v) is 6.78. The molecule has 117 valence electrons. The molecule has 1 aromatic rings. The van der Waals surface area contributed by atoms with Crippen molar-refractivity contribution in [3.05, 3.63) is 29.8 Å². The number of hydrogen-bond donors (Lipinski definition) is 0. The molecule has 1 aromatic carbocycles. The van der Waals surface area contributed by atoms with E-state index in [1.54, 1.807) is 6.07 Å². The number of nitrogens with zero attached hydrogens (tertiary/aromatic N) is 2. The smallest absolute Gasteiger partial charge is 0.369 e. The van der Waals surface area contributed by atoms with Gasteiger partial charge in [0.25, 0.3) is 0 Å². The van der Waals surface area contributed by atoms with E-state index >= 15 is 0 Å². The average Bonchev–Trinajstić information content (AvgIpc) is 2.37. The summed E-state index contributed by atoms with van der Waals surface area (Å²) in [7, 11) is 0. The third kappa shape index (κ3) is 4.63. The average molecular weight is 299 g/mol. The van der Waals surface area contributed by atoms with Gasteiger partial charge in [0, 0.05) is 38.4 Å². The first-order valence-corrected chi connectivity index (χ1v) is 7.21. The Labute approximate surface area is 124 Å². The summed E-state index contributed by atoms with van der Waals surface area (Å²) >= 11 is 0. The molecule has 1 aliphatic heterocycles. The summed E-state index contributed by atoms with van der Waals surface area (Å²) in [6.45, 7) is 10.9. The molecule has 0 amide bonds. The second kappa shape index (κ2) is 5.87. The van der Waals surface area contributed by atoms with Crippen LogP contribution >= 0.6 is 0 Å². The van der Waals surface area contributed by atoms with Crippen LogP contribution in [0.2, 0.25) is 0 Å². The molecule has 1 saturated heterocycles. The third-order valence-electron chi connectivity index (χ3n) is 3.53.